The Bertz CT molecular complexity index is 639. The summed E-state index contributed by atoms with van der Waals surface area (Å²) in [6.07, 6.45) is 1.63. The molecule has 0 aromatic carbocycles. The number of aryl methyl sites for hydroxylation is 1. The Morgan fingerprint density at radius 3 is 3.05 bits per heavy atom. The lowest BCUT2D eigenvalue weighted by molar-refractivity contribution is -0.0350. The molecule has 1 atom stereocenters. The monoisotopic (exact) mass is 311 g/mol. The highest BCUT2D eigenvalue weighted by molar-refractivity contribution is 6.32. The van der Waals surface area contributed by atoms with E-state index < -0.39 is 6.10 Å². The van der Waals surface area contributed by atoms with Crippen LogP contribution in [0.2, 0.25) is 5.22 Å². The zero-order valence-electron chi connectivity index (χ0n) is 11.4. The van der Waals surface area contributed by atoms with Gasteiger partial charge in [-0.1, -0.05) is 6.92 Å². The van der Waals surface area contributed by atoms with Gasteiger partial charge in [0.25, 0.3) is 5.91 Å². The lowest BCUT2D eigenvalue weighted by atomic mass is 10.2. The first-order valence-electron chi connectivity index (χ1n) is 6.65. The fourth-order valence-corrected chi connectivity index (χ4v) is 2.33. The molecule has 7 nitrogen and oxygen atoms in total. The predicted octanol–water partition coefficient (Wildman–Crippen LogP) is 2.09. The van der Waals surface area contributed by atoms with Gasteiger partial charge in [0.05, 0.1) is 25.0 Å². The van der Waals surface area contributed by atoms with E-state index in [0.717, 1.165) is 0 Å². The highest BCUT2D eigenvalue weighted by Gasteiger charge is 2.30. The van der Waals surface area contributed by atoms with Crippen molar-refractivity contribution in [3.8, 4) is 0 Å². The molecule has 0 radical (unpaired) electrons. The van der Waals surface area contributed by atoms with Crippen molar-refractivity contribution >= 4 is 17.5 Å². The fourth-order valence-electron chi connectivity index (χ4n) is 2.14. The summed E-state index contributed by atoms with van der Waals surface area (Å²) in [6, 6.07) is 1.55. The van der Waals surface area contributed by atoms with Crippen LogP contribution in [0.3, 0.4) is 0 Å². The molecule has 112 valence electrons. The first-order chi connectivity index (χ1) is 10.2. The van der Waals surface area contributed by atoms with Crippen LogP contribution in [-0.2, 0) is 11.2 Å². The molecule has 0 N–H and O–H groups in total. The van der Waals surface area contributed by atoms with Crippen molar-refractivity contribution in [3.05, 3.63) is 34.9 Å². The van der Waals surface area contributed by atoms with E-state index in [4.69, 9.17) is 25.2 Å². The van der Waals surface area contributed by atoms with Gasteiger partial charge in [0.15, 0.2) is 6.10 Å². The van der Waals surface area contributed by atoms with Gasteiger partial charge in [0.2, 0.25) is 17.0 Å². The Morgan fingerprint density at radius 2 is 2.38 bits per heavy atom. The SMILES string of the molecule is CCc1nnc(C2CN(C(=O)c3ccoc3Cl)CCO2)o1. The molecular weight excluding hydrogens is 298 g/mol. The summed E-state index contributed by atoms with van der Waals surface area (Å²) in [7, 11) is 0. The molecule has 2 aromatic heterocycles. The second kappa shape index (κ2) is 5.87. The van der Waals surface area contributed by atoms with Crippen LogP contribution in [0.4, 0.5) is 0 Å². The van der Waals surface area contributed by atoms with Crippen molar-refractivity contribution < 1.29 is 18.4 Å². The number of hydrogen-bond donors (Lipinski definition) is 0. The number of carbonyl (C=O) groups is 1. The topological polar surface area (TPSA) is 81.6 Å². The van der Waals surface area contributed by atoms with E-state index >= 15 is 0 Å². The second-order valence-electron chi connectivity index (χ2n) is 4.61. The van der Waals surface area contributed by atoms with Gasteiger partial charge >= 0.3 is 0 Å². The number of furan rings is 1. The third-order valence-electron chi connectivity index (χ3n) is 3.26. The van der Waals surface area contributed by atoms with Crippen LogP contribution in [-0.4, -0.2) is 40.7 Å². The van der Waals surface area contributed by atoms with Crippen molar-refractivity contribution in [3.63, 3.8) is 0 Å². The van der Waals surface area contributed by atoms with Crippen LogP contribution in [0.15, 0.2) is 21.2 Å². The number of aromatic nitrogens is 2. The quantitative estimate of drug-likeness (QED) is 0.863. The highest BCUT2D eigenvalue weighted by atomic mass is 35.5. The molecule has 1 saturated heterocycles. The van der Waals surface area contributed by atoms with Crippen molar-refractivity contribution in [2.24, 2.45) is 0 Å². The van der Waals surface area contributed by atoms with E-state index in [2.05, 4.69) is 10.2 Å². The zero-order chi connectivity index (χ0) is 14.8. The third-order valence-corrected chi connectivity index (χ3v) is 3.56. The molecule has 0 spiro atoms. The van der Waals surface area contributed by atoms with Gasteiger partial charge in [-0.15, -0.1) is 10.2 Å². The van der Waals surface area contributed by atoms with Crippen LogP contribution in [0.25, 0.3) is 0 Å². The fraction of sp³-hybridized carbons (Fsp3) is 0.462. The minimum atomic E-state index is -0.416. The minimum Gasteiger partial charge on any atom is -0.452 e. The Morgan fingerprint density at radius 1 is 1.52 bits per heavy atom. The average Bonchev–Trinajstić information content (AvgIpc) is 3.15. The van der Waals surface area contributed by atoms with Gasteiger partial charge in [-0.25, -0.2) is 0 Å². The normalized spacial score (nSPS) is 19.0. The molecule has 8 heteroatoms. The number of rotatable bonds is 3. The van der Waals surface area contributed by atoms with Gasteiger partial charge in [0.1, 0.15) is 0 Å². The number of halogens is 1. The van der Waals surface area contributed by atoms with E-state index in [0.29, 0.717) is 43.5 Å². The summed E-state index contributed by atoms with van der Waals surface area (Å²) in [6.45, 7) is 3.14. The largest absolute Gasteiger partial charge is 0.452 e. The van der Waals surface area contributed by atoms with E-state index in [1.807, 2.05) is 6.92 Å². The minimum absolute atomic E-state index is 0.0918. The molecule has 1 fully saturated rings. The Balaban J connectivity index is 1.74. The first kappa shape index (κ1) is 14.1. The van der Waals surface area contributed by atoms with Crippen molar-refractivity contribution in [2.45, 2.75) is 19.4 Å². The summed E-state index contributed by atoms with van der Waals surface area (Å²) in [5, 5.41) is 7.96. The summed E-state index contributed by atoms with van der Waals surface area (Å²) >= 11 is 5.84. The van der Waals surface area contributed by atoms with Gasteiger partial charge in [-0.2, -0.15) is 0 Å². The van der Waals surface area contributed by atoms with Gasteiger partial charge in [-0.05, 0) is 17.7 Å². The van der Waals surface area contributed by atoms with Crippen LogP contribution >= 0.6 is 11.6 Å². The van der Waals surface area contributed by atoms with Crippen molar-refractivity contribution in [1.29, 1.82) is 0 Å². The summed E-state index contributed by atoms with van der Waals surface area (Å²) < 4.78 is 16.0. The lowest BCUT2D eigenvalue weighted by Gasteiger charge is -2.31. The van der Waals surface area contributed by atoms with Crippen LogP contribution in [0.1, 0.15) is 35.2 Å². The molecular formula is C13H14ClN3O4. The maximum absolute atomic E-state index is 12.4. The van der Waals surface area contributed by atoms with E-state index in [1.54, 1.807) is 11.0 Å². The Kier molecular flexibility index (Phi) is 3.94. The number of nitrogens with zero attached hydrogens (tertiary/aromatic N) is 3. The molecule has 2 aromatic rings. The maximum atomic E-state index is 12.4. The third kappa shape index (κ3) is 2.79. The van der Waals surface area contributed by atoms with Crippen LogP contribution < -0.4 is 0 Å². The molecule has 1 unspecified atom stereocenters. The van der Waals surface area contributed by atoms with Crippen molar-refractivity contribution in [2.75, 3.05) is 19.7 Å². The van der Waals surface area contributed by atoms with Gasteiger partial charge in [-0.3, -0.25) is 4.79 Å². The smallest absolute Gasteiger partial charge is 0.258 e. The molecule has 3 heterocycles. The molecule has 0 aliphatic carbocycles. The molecule has 1 amide bonds. The molecule has 1 aliphatic heterocycles. The van der Waals surface area contributed by atoms with Gasteiger partial charge < -0.3 is 18.5 Å². The number of morpholine rings is 1. The van der Waals surface area contributed by atoms with Crippen LogP contribution in [0, 0.1) is 0 Å². The Labute approximate surface area is 125 Å². The first-order valence-corrected chi connectivity index (χ1v) is 7.03. The average molecular weight is 312 g/mol. The van der Waals surface area contributed by atoms with E-state index in [9.17, 15) is 4.79 Å². The standard InChI is InChI=1S/C13H14ClN3O4/c1-2-10-15-16-12(21-10)9-7-17(4-6-19-9)13(18)8-3-5-20-11(8)14/h3,5,9H,2,4,6-7H2,1H3. The lowest BCUT2D eigenvalue weighted by Crippen LogP contribution is -2.42. The summed E-state index contributed by atoms with van der Waals surface area (Å²) in [5.41, 5.74) is 0.345. The van der Waals surface area contributed by atoms with Crippen LogP contribution in [0.5, 0.6) is 0 Å². The summed E-state index contributed by atoms with van der Waals surface area (Å²) in [5.74, 6) is 0.745. The molecule has 1 aliphatic rings. The number of carbonyl (C=O) groups excluding carboxylic acids is 1. The zero-order valence-corrected chi connectivity index (χ0v) is 12.2. The molecule has 0 saturated carbocycles. The number of hydrogen-bond acceptors (Lipinski definition) is 6. The van der Waals surface area contributed by atoms with Crippen molar-refractivity contribution in [1.82, 2.24) is 15.1 Å². The molecule has 21 heavy (non-hydrogen) atoms. The second-order valence-corrected chi connectivity index (χ2v) is 4.95. The van der Waals surface area contributed by atoms with E-state index in [-0.39, 0.29) is 11.1 Å². The predicted molar refractivity (Wildman–Crippen MR) is 72.0 cm³/mol. The molecule has 3 rings (SSSR count). The number of ether oxygens (including phenoxy) is 1. The Hall–Kier alpha value is -1.86. The summed E-state index contributed by atoms with van der Waals surface area (Å²) in [4.78, 5) is 14.0. The molecule has 0 bridgehead atoms. The highest BCUT2D eigenvalue weighted by Crippen LogP contribution is 2.24. The number of amides is 1. The van der Waals surface area contributed by atoms with Gasteiger partial charge in [0, 0.05) is 13.0 Å². The van der Waals surface area contributed by atoms with E-state index in [1.165, 1.54) is 6.26 Å². The maximum Gasteiger partial charge on any atom is 0.258 e.